The Hall–Kier alpha value is -2.95. The summed E-state index contributed by atoms with van der Waals surface area (Å²) in [6.07, 6.45) is 5.13. The van der Waals surface area contributed by atoms with Crippen molar-refractivity contribution in [3.05, 3.63) is 83.2 Å². The van der Waals surface area contributed by atoms with Gasteiger partial charge in [-0.3, -0.25) is 0 Å². The van der Waals surface area contributed by atoms with Crippen LogP contribution in [0, 0.1) is 23.4 Å². The molecule has 0 aromatic heterocycles. The summed E-state index contributed by atoms with van der Waals surface area (Å²) >= 11 is 0. The largest absolute Gasteiger partial charge is 0.491 e. The third kappa shape index (κ3) is 5.40. The molecule has 0 bridgehead atoms. The van der Waals surface area contributed by atoms with Gasteiger partial charge in [0.1, 0.15) is 12.4 Å². The Labute approximate surface area is 199 Å². The predicted octanol–water partition coefficient (Wildman–Crippen LogP) is 8.43. The molecule has 180 valence electrons. The molecule has 1 saturated carbocycles. The smallest absolute Gasteiger partial charge is 0.165 e. The van der Waals surface area contributed by atoms with Crippen molar-refractivity contribution in [2.24, 2.45) is 5.92 Å². The molecule has 0 amide bonds. The predicted molar refractivity (Wildman–Crippen MR) is 129 cm³/mol. The van der Waals surface area contributed by atoms with Crippen LogP contribution in [0.15, 0.2) is 54.6 Å². The van der Waals surface area contributed by atoms with Crippen molar-refractivity contribution in [1.29, 1.82) is 0 Å². The van der Waals surface area contributed by atoms with Crippen LogP contribution in [-0.4, -0.2) is 6.61 Å². The summed E-state index contributed by atoms with van der Waals surface area (Å²) < 4.78 is 54.7. The van der Waals surface area contributed by atoms with Crippen LogP contribution in [0.2, 0.25) is 0 Å². The van der Waals surface area contributed by atoms with Crippen LogP contribution in [-0.2, 0) is 6.61 Å². The minimum absolute atomic E-state index is 0.0668. The molecule has 0 radical (unpaired) electrons. The SMILES string of the molecule is CCOc1ccc(-c2ccc(OCc3ccc(C4CCC(CC)CC4)c(F)c3F)cc2)cc1F. The molecule has 1 aliphatic rings. The van der Waals surface area contributed by atoms with E-state index in [1.165, 1.54) is 6.07 Å². The maximum absolute atomic E-state index is 14.8. The van der Waals surface area contributed by atoms with Crippen molar-refractivity contribution < 1.29 is 22.6 Å². The molecule has 0 unspecified atom stereocenters. The summed E-state index contributed by atoms with van der Waals surface area (Å²) in [5.74, 6) is -0.439. The number of halogens is 3. The molecule has 2 nitrogen and oxygen atoms in total. The lowest BCUT2D eigenvalue weighted by Crippen LogP contribution is -2.15. The summed E-state index contributed by atoms with van der Waals surface area (Å²) in [7, 11) is 0. The van der Waals surface area contributed by atoms with E-state index in [1.54, 1.807) is 55.5 Å². The van der Waals surface area contributed by atoms with E-state index in [9.17, 15) is 13.2 Å². The van der Waals surface area contributed by atoms with Crippen LogP contribution in [0.3, 0.4) is 0 Å². The summed E-state index contributed by atoms with van der Waals surface area (Å²) in [6.45, 7) is 4.32. The van der Waals surface area contributed by atoms with Gasteiger partial charge in [0.15, 0.2) is 23.2 Å². The highest BCUT2D eigenvalue weighted by atomic mass is 19.2. The van der Waals surface area contributed by atoms with Crippen molar-refractivity contribution in [2.45, 2.75) is 58.5 Å². The Morgan fingerprint density at radius 2 is 1.47 bits per heavy atom. The zero-order chi connectivity index (χ0) is 24.1. The summed E-state index contributed by atoms with van der Waals surface area (Å²) in [5.41, 5.74) is 2.21. The number of hydrogen-bond donors (Lipinski definition) is 0. The average molecular weight is 469 g/mol. The van der Waals surface area contributed by atoms with Gasteiger partial charge in [0.25, 0.3) is 0 Å². The van der Waals surface area contributed by atoms with Gasteiger partial charge in [-0.05, 0) is 85.4 Å². The van der Waals surface area contributed by atoms with E-state index in [2.05, 4.69) is 6.92 Å². The molecule has 0 heterocycles. The van der Waals surface area contributed by atoms with Crippen LogP contribution >= 0.6 is 0 Å². The summed E-state index contributed by atoms with van der Waals surface area (Å²) in [4.78, 5) is 0. The highest BCUT2D eigenvalue weighted by Crippen LogP contribution is 2.38. The quantitative estimate of drug-likeness (QED) is 0.330. The maximum Gasteiger partial charge on any atom is 0.165 e. The average Bonchev–Trinajstić information content (AvgIpc) is 2.87. The number of ether oxygens (including phenoxy) is 2. The zero-order valence-corrected chi connectivity index (χ0v) is 19.8. The number of hydrogen-bond acceptors (Lipinski definition) is 2. The molecule has 34 heavy (non-hydrogen) atoms. The van der Waals surface area contributed by atoms with Crippen molar-refractivity contribution >= 4 is 0 Å². The van der Waals surface area contributed by atoms with Crippen LogP contribution in [0.1, 0.15) is 63.0 Å². The first-order valence-corrected chi connectivity index (χ1v) is 12.1. The molecule has 3 aromatic rings. The Kier molecular flexibility index (Phi) is 7.81. The van der Waals surface area contributed by atoms with Crippen LogP contribution < -0.4 is 9.47 Å². The van der Waals surface area contributed by atoms with Gasteiger partial charge in [-0.25, -0.2) is 13.2 Å². The minimum atomic E-state index is -0.823. The molecular formula is C29H31F3O2. The fourth-order valence-corrected chi connectivity index (χ4v) is 4.77. The van der Waals surface area contributed by atoms with Crippen molar-refractivity contribution in [1.82, 2.24) is 0 Å². The zero-order valence-electron chi connectivity index (χ0n) is 19.8. The van der Waals surface area contributed by atoms with Gasteiger partial charge in [-0.2, -0.15) is 0 Å². The highest BCUT2D eigenvalue weighted by molar-refractivity contribution is 5.65. The van der Waals surface area contributed by atoms with Gasteiger partial charge in [0.2, 0.25) is 0 Å². The molecule has 0 atom stereocenters. The summed E-state index contributed by atoms with van der Waals surface area (Å²) in [5, 5.41) is 0. The second kappa shape index (κ2) is 11.0. The fourth-order valence-electron chi connectivity index (χ4n) is 4.77. The molecular weight excluding hydrogens is 437 g/mol. The van der Waals surface area contributed by atoms with E-state index in [0.717, 1.165) is 37.7 Å². The molecule has 4 rings (SSSR count). The number of benzene rings is 3. The molecule has 5 heteroatoms. The van der Waals surface area contributed by atoms with Crippen molar-refractivity contribution in [3.63, 3.8) is 0 Å². The summed E-state index contributed by atoms with van der Waals surface area (Å²) in [6, 6.07) is 15.3. The first-order valence-electron chi connectivity index (χ1n) is 12.1. The first-order chi connectivity index (χ1) is 16.5. The molecule has 0 saturated heterocycles. The minimum Gasteiger partial charge on any atom is -0.491 e. The maximum atomic E-state index is 14.8. The van der Waals surface area contributed by atoms with Gasteiger partial charge in [0.05, 0.1) is 6.61 Å². The van der Waals surface area contributed by atoms with Gasteiger partial charge < -0.3 is 9.47 Å². The Morgan fingerprint density at radius 1 is 0.765 bits per heavy atom. The van der Waals surface area contributed by atoms with Gasteiger partial charge in [-0.15, -0.1) is 0 Å². The van der Waals surface area contributed by atoms with Gasteiger partial charge >= 0.3 is 0 Å². The van der Waals surface area contributed by atoms with Gasteiger partial charge in [0, 0.05) is 5.56 Å². The Morgan fingerprint density at radius 3 is 2.12 bits per heavy atom. The van der Waals surface area contributed by atoms with E-state index in [0.29, 0.717) is 29.4 Å². The molecule has 0 N–H and O–H groups in total. The van der Waals surface area contributed by atoms with E-state index < -0.39 is 17.5 Å². The topological polar surface area (TPSA) is 18.5 Å². The number of rotatable bonds is 8. The van der Waals surface area contributed by atoms with E-state index in [1.807, 2.05) is 0 Å². The standard InChI is InChI=1S/C29H31F3O2/c1-3-19-5-7-21(8-6-19)25-15-11-23(28(31)29(25)32)18-34-24-13-9-20(10-14-24)22-12-16-27(33-4-2)26(30)17-22/h9-17,19,21H,3-8,18H2,1-2H3. The molecule has 3 aromatic carbocycles. The van der Waals surface area contributed by atoms with Crippen molar-refractivity contribution in [2.75, 3.05) is 6.61 Å². The fraction of sp³-hybridized carbons (Fsp3) is 0.379. The Bertz CT molecular complexity index is 1100. The molecule has 0 aliphatic heterocycles. The second-order valence-electron chi connectivity index (χ2n) is 8.96. The highest BCUT2D eigenvalue weighted by Gasteiger charge is 2.25. The third-order valence-electron chi connectivity index (χ3n) is 6.87. The lowest BCUT2D eigenvalue weighted by Gasteiger charge is -2.28. The van der Waals surface area contributed by atoms with E-state index in [4.69, 9.17) is 9.47 Å². The first kappa shape index (κ1) is 24.2. The normalized spacial score (nSPS) is 18.0. The second-order valence-corrected chi connectivity index (χ2v) is 8.96. The monoisotopic (exact) mass is 468 g/mol. The van der Waals surface area contributed by atoms with E-state index in [-0.39, 0.29) is 23.8 Å². The molecule has 0 spiro atoms. The van der Waals surface area contributed by atoms with Crippen LogP contribution in [0.5, 0.6) is 11.5 Å². The van der Waals surface area contributed by atoms with Crippen LogP contribution in [0.25, 0.3) is 11.1 Å². The van der Waals surface area contributed by atoms with Gasteiger partial charge in [-0.1, -0.05) is 43.7 Å². The van der Waals surface area contributed by atoms with Crippen LogP contribution in [0.4, 0.5) is 13.2 Å². The molecule has 1 fully saturated rings. The lowest BCUT2D eigenvalue weighted by atomic mass is 9.77. The lowest BCUT2D eigenvalue weighted by molar-refractivity contribution is 0.294. The molecule has 1 aliphatic carbocycles. The van der Waals surface area contributed by atoms with E-state index >= 15 is 0 Å². The third-order valence-corrected chi connectivity index (χ3v) is 6.87. The Balaban J connectivity index is 1.40. The van der Waals surface area contributed by atoms with Crippen molar-refractivity contribution in [3.8, 4) is 22.6 Å².